The van der Waals surface area contributed by atoms with E-state index in [1.165, 1.54) is 6.42 Å². The summed E-state index contributed by atoms with van der Waals surface area (Å²) in [4.78, 5) is 0. The summed E-state index contributed by atoms with van der Waals surface area (Å²) >= 11 is 0. The molecule has 0 aliphatic carbocycles. The van der Waals surface area contributed by atoms with Crippen LogP contribution >= 0.6 is 0 Å². The summed E-state index contributed by atoms with van der Waals surface area (Å²) in [5.41, 5.74) is 0. The Morgan fingerprint density at radius 3 is 2.40 bits per heavy atom. The monoisotopic (exact) mass is 159 g/mol. The fourth-order valence-corrected chi connectivity index (χ4v) is 3.67. The van der Waals surface area contributed by atoms with Gasteiger partial charge in [-0.2, -0.15) is 0 Å². The third kappa shape index (κ3) is 1.25. The van der Waals surface area contributed by atoms with E-state index in [9.17, 15) is 4.21 Å². The quantitative estimate of drug-likeness (QED) is 0.538. The molecule has 2 aliphatic heterocycles. The highest BCUT2D eigenvalue weighted by Gasteiger charge is 2.29. The van der Waals surface area contributed by atoms with Crippen molar-refractivity contribution in [2.45, 2.75) is 6.42 Å². The molecule has 1 N–H and O–H groups in total. The van der Waals surface area contributed by atoms with Crippen molar-refractivity contribution in [3.8, 4) is 0 Å². The van der Waals surface area contributed by atoms with E-state index in [0.717, 1.165) is 24.6 Å². The molecule has 0 aromatic carbocycles. The van der Waals surface area contributed by atoms with E-state index in [2.05, 4.69) is 5.32 Å². The number of fused-ring (bicyclic) bond motifs is 2. The van der Waals surface area contributed by atoms with Crippen LogP contribution in [-0.4, -0.2) is 28.8 Å². The normalized spacial score (nSPS) is 47.0. The Morgan fingerprint density at radius 1 is 1.20 bits per heavy atom. The predicted molar refractivity (Wildman–Crippen MR) is 42.3 cm³/mol. The molecule has 0 spiro atoms. The summed E-state index contributed by atoms with van der Waals surface area (Å²) in [5.74, 6) is 3.33. The van der Waals surface area contributed by atoms with Crippen LogP contribution in [0.2, 0.25) is 0 Å². The van der Waals surface area contributed by atoms with Crippen molar-refractivity contribution >= 4 is 10.8 Å². The first-order chi connectivity index (χ1) is 4.84. The second-order valence-electron chi connectivity index (χ2n) is 3.40. The van der Waals surface area contributed by atoms with Crippen molar-refractivity contribution in [3.05, 3.63) is 0 Å². The smallest absolute Gasteiger partial charge is 0.0275 e. The van der Waals surface area contributed by atoms with Crippen LogP contribution in [0.25, 0.3) is 0 Å². The van der Waals surface area contributed by atoms with Crippen LogP contribution in [0.1, 0.15) is 6.42 Å². The minimum atomic E-state index is -0.489. The average Bonchev–Trinajstić information content (AvgIpc) is 1.85. The van der Waals surface area contributed by atoms with Crippen LogP contribution in [0.3, 0.4) is 0 Å². The van der Waals surface area contributed by atoms with Crippen LogP contribution in [0.5, 0.6) is 0 Å². The van der Waals surface area contributed by atoms with Gasteiger partial charge in [-0.1, -0.05) is 0 Å². The highest BCUT2D eigenvalue weighted by molar-refractivity contribution is 7.85. The van der Waals surface area contributed by atoms with Gasteiger partial charge in [-0.05, 0) is 31.3 Å². The molecule has 10 heavy (non-hydrogen) atoms. The van der Waals surface area contributed by atoms with Gasteiger partial charge in [0.1, 0.15) is 0 Å². The standard InChI is InChI=1S/C7H13NOS/c9-10-4-6-1-7(5-10)3-8-2-6/h6-8H,1-5H2. The van der Waals surface area contributed by atoms with Gasteiger partial charge >= 0.3 is 0 Å². The molecule has 0 saturated carbocycles. The van der Waals surface area contributed by atoms with Gasteiger partial charge in [0.25, 0.3) is 0 Å². The van der Waals surface area contributed by atoms with E-state index in [1.807, 2.05) is 0 Å². The van der Waals surface area contributed by atoms with Crippen LogP contribution in [-0.2, 0) is 10.8 Å². The first-order valence-electron chi connectivity index (χ1n) is 3.90. The highest BCUT2D eigenvalue weighted by Crippen LogP contribution is 2.23. The lowest BCUT2D eigenvalue weighted by atomic mass is 9.93. The van der Waals surface area contributed by atoms with Crippen LogP contribution in [0.4, 0.5) is 0 Å². The molecule has 2 unspecified atom stereocenters. The zero-order valence-electron chi connectivity index (χ0n) is 6.01. The zero-order valence-corrected chi connectivity index (χ0v) is 6.82. The van der Waals surface area contributed by atoms with E-state index >= 15 is 0 Å². The van der Waals surface area contributed by atoms with E-state index in [0.29, 0.717) is 11.8 Å². The van der Waals surface area contributed by atoms with Crippen molar-refractivity contribution in [3.63, 3.8) is 0 Å². The molecule has 2 bridgehead atoms. The van der Waals surface area contributed by atoms with Crippen LogP contribution < -0.4 is 5.32 Å². The molecule has 2 fully saturated rings. The molecule has 3 heteroatoms. The Morgan fingerprint density at radius 2 is 1.80 bits per heavy atom. The maximum Gasteiger partial charge on any atom is 0.0275 e. The summed E-state index contributed by atoms with van der Waals surface area (Å²) in [7, 11) is -0.489. The van der Waals surface area contributed by atoms with Gasteiger partial charge in [0.15, 0.2) is 0 Å². The summed E-state index contributed by atoms with van der Waals surface area (Å²) in [5, 5.41) is 3.37. The molecule has 0 aromatic heterocycles. The number of piperidine rings is 1. The van der Waals surface area contributed by atoms with Gasteiger partial charge in [0.05, 0.1) is 0 Å². The predicted octanol–water partition coefficient (Wildman–Crippen LogP) is -0.0256. The Labute approximate surface area is 63.8 Å². The van der Waals surface area contributed by atoms with Gasteiger partial charge in [0, 0.05) is 22.3 Å². The van der Waals surface area contributed by atoms with Crippen molar-refractivity contribution in [2.75, 3.05) is 24.6 Å². The number of hydrogen-bond acceptors (Lipinski definition) is 2. The number of nitrogens with one attached hydrogen (secondary N) is 1. The molecule has 0 amide bonds. The van der Waals surface area contributed by atoms with Crippen molar-refractivity contribution in [1.82, 2.24) is 5.32 Å². The first kappa shape index (κ1) is 6.80. The molecule has 2 saturated heterocycles. The third-order valence-electron chi connectivity index (χ3n) is 2.38. The Hall–Kier alpha value is 0.110. The second-order valence-corrected chi connectivity index (χ2v) is 4.95. The Kier molecular flexibility index (Phi) is 1.78. The van der Waals surface area contributed by atoms with Gasteiger partial charge in [-0.3, -0.25) is 4.21 Å². The zero-order chi connectivity index (χ0) is 6.97. The largest absolute Gasteiger partial charge is 0.316 e. The second kappa shape index (κ2) is 2.62. The van der Waals surface area contributed by atoms with Crippen LogP contribution in [0.15, 0.2) is 0 Å². The molecule has 0 aromatic rings. The fourth-order valence-electron chi connectivity index (χ4n) is 1.98. The third-order valence-corrected chi connectivity index (χ3v) is 4.06. The summed E-state index contributed by atoms with van der Waals surface area (Å²) in [6, 6.07) is 0. The maximum atomic E-state index is 11.2. The number of hydrogen-bond donors (Lipinski definition) is 1. The minimum Gasteiger partial charge on any atom is -0.316 e. The summed E-state index contributed by atoms with van der Waals surface area (Å²) in [6.07, 6.45) is 1.32. The van der Waals surface area contributed by atoms with E-state index < -0.39 is 10.8 Å². The van der Waals surface area contributed by atoms with Gasteiger partial charge in [0.2, 0.25) is 0 Å². The molecular weight excluding hydrogens is 146 g/mol. The Bertz CT molecular complexity index is 146. The summed E-state index contributed by atoms with van der Waals surface area (Å²) in [6.45, 7) is 2.20. The van der Waals surface area contributed by atoms with E-state index in [4.69, 9.17) is 0 Å². The summed E-state index contributed by atoms with van der Waals surface area (Å²) < 4.78 is 11.2. The first-order valence-corrected chi connectivity index (χ1v) is 5.39. The van der Waals surface area contributed by atoms with Gasteiger partial charge < -0.3 is 5.32 Å². The highest BCUT2D eigenvalue weighted by atomic mass is 32.2. The van der Waals surface area contributed by atoms with Gasteiger partial charge in [-0.25, -0.2) is 0 Å². The van der Waals surface area contributed by atoms with Crippen molar-refractivity contribution in [2.24, 2.45) is 11.8 Å². The number of rotatable bonds is 0. The fraction of sp³-hybridized carbons (Fsp3) is 1.00. The molecular formula is C7H13NOS. The van der Waals surface area contributed by atoms with E-state index in [-0.39, 0.29) is 0 Å². The van der Waals surface area contributed by atoms with E-state index in [1.54, 1.807) is 0 Å². The molecule has 2 heterocycles. The molecule has 2 atom stereocenters. The average molecular weight is 159 g/mol. The van der Waals surface area contributed by atoms with Crippen molar-refractivity contribution < 1.29 is 4.21 Å². The molecule has 2 nitrogen and oxygen atoms in total. The topological polar surface area (TPSA) is 29.1 Å². The minimum absolute atomic E-state index is 0.489. The van der Waals surface area contributed by atoms with Crippen LogP contribution in [0, 0.1) is 11.8 Å². The van der Waals surface area contributed by atoms with Crippen molar-refractivity contribution in [1.29, 1.82) is 0 Å². The lowest BCUT2D eigenvalue weighted by Crippen LogP contribution is -2.44. The molecule has 58 valence electrons. The maximum absolute atomic E-state index is 11.2. The van der Waals surface area contributed by atoms with Gasteiger partial charge in [-0.15, -0.1) is 0 Å². The molecule has 2 aliphatic rings. The SMILES string of the molecule is O=S1CC2CNCC(C2)C1. The molecule has 2 rings (SSSR count). The lowest BCUT2D eigenvalue weighted by molar-refractivity contribution is 0.314. The Balaban J connectivity index is 2.05. The lowest BCUT2D eigenvalue weighted by Gasteiger charge is -2.34. The molecule has 0 radical (unpaired) electrons.